The highest BCUT2D eigenvalue weighted by atomic mass is 35.5. The summed E-state index contributed by atoms with van der Waals surface area (Å²) in [7, 11) is 0. The maximum absolute atomic E-state index is 12.8. The molecule has 3 aromatic rings. The van der Waals surface area contributed by atoms with Gasteiger partial charge in [0, 0.05) is 24.5 Å². The van der Waals surface area contributed by atoms with Gasteiger partial charge in [0.2, 0.25) is 0 Å². The second-order valence-electron chi connectivity index (χ2n) is 5.96. The summed E-state index contributed by atoms with van der Waals surface area (Å²) in [5.74, 6) is -0.193. The van der Waals surface area contributed by atoms with Crippen molar-refractivity contribution in [1.29, 1.82) is 0 Å². The normalized spacial score (nSPS) is 14.1. The molecule has 1 aliphatic rings. The molecule has 0 fully saturated rings. The molecule has 0 saturated carbocycles. The summed E-state index contributed by atoms with van der Waals surface area (Å²) in [5.41, 5.74) is 2.25. The number of H-pyrrole nitrogens is 1. The van der Waals surface area contributed by atoms with Gasteiger partial charge in [-0.25, -0.2) is 4.98 Å². The number of aliphatic hydroxyl groups excluding tert-OH is 1. The molecule has 0 bridgehead atoms. The molecule has 0 spiro atoms. The van der Waals surface area contributed by atoms with Gasteiger partial charge in [0.1, 0.15) is 11.3 Å². The van der Waals surface area contributed by atoms with Crippen molar-refractivity contribution in [3.05, 3.63) is 56.9 Å². The van der Waals surface area contributed by atoms with Crippen molar-refractivity contribution < 1.29 is 9.90 Å². The van der Waals surface area contributed by atoms with Crippen LogP contribution in [0.2, 0.25) is 5.02 Å². The Morgan fingerprint density at radius 1 is 1.36 bits per heavy atom. The Bertz CT molecular complexity index is 1020. The van der Waals surface area contributed by atoms with E-state index in [-0.39, 0.29) is 24.6 Å². The van der Waals surface area contributed by atoms with E-state index in [0.717, 1.165) is 0 Å². The first kappa shape index (κ1) is 15.9. The molecule has 1 aliphatic heterocycles. The number of halogens is 1. The van der Waals surface area contributed by atoms with Crippen molar-refractivity contribution in [3.63, 3.8) is 0 Å². The highest BCUT2D eigenvalue weighted by Gasteiger charge is 2.27. The Morgan fingerprint density at radius 2 is 2.20 bits per heavy atom. The van der Waals surface area contributed by atoms with Crippen LogP contribution in [0.25, 0.3) is 5.65 Å². The summed E-state index contributed by atoms with van der Waals surface area (Å²) in [5, 5.41) is 12.6. The van der Waals surface area contributed by atoms with E-state index in [2.05, 4.69) is 10.1 Å². The molecular weight excluding hydrogens is 346 g/mol. The fourth-order valence-electron chi connectivity index (χ4n) is 3.14. The largest absolute Gasteiger partial charge is 0.394 e. The minimum absolute atomic E-state index is 0.119. The third kappa shape index (κ3) is 2.73. The number of rotatable bonds is 3. The molecule has 4 heterocycles. The summed E-state index contributed by atoms with van der Waals surface area (Å²) >= 11 is 5.96. The molecule has 0 aromatic carbocycles. The van der Waals surface area contributed by atoms with Crippen LogP contribution >= 0.6 is 11.6 Å². The van der Waals surface area contributed by atoms with E-state index < -0.39 is 0 Å². The fraction of sp³-hybridized carbons (Fsp3) is 0.312. The first-order valence-corrected chi connectivity index (χ1v) is 8.29. The molecular formula is C16H16ClN5O3. The molecule has 4 rings (SSSR count). The average molecular weight is 362 g/mol. The van der Waals surface area contributed by atoms with Crippen LogP contribution in [-0.2, 0) is 19.5 Å². The van der Waals surface area contributed by atoms with Crippen LogP contribution in [0.5, 0.6) is 0 Å². The van der Waals surface area contributed by atoms with Crippen LogP contribution in [-0.4, -0.2) is 48.2 Å². The molecule has 1 amide bonds. The number of nitrogens with one attached hydrogen (secondary N) is 1. The standard InChI is InChI=1S/C16H16ClN5O3/c17-10-1-2-14-18-13(9-21(14)7-10)16(25)20-4-3-11-12(8-20)19-22(5-6-23)15(11)24/h1-2,7,9,19,23H,3-6,8H2. The van der Waals surface area contributed by atoms with Crippen LogP contribution in [0.4, 0.5) is 0 Å². The Labute approximate surface area is 147 Å². The second kappa shape index (κ2) is 6.05. The lowest BCUT2D eigenvalue weighted by Crippen LogP contribution is -2.37. The number of amides is 1. The number of nitrogens with zero attached hydrogens (tertiary/aromatic N) is 4. The lowest BCUT2D eigenvalue weighted by Gasteiger charge is -2.25. The van der Waals surface area contributed by atoms with Crippen LogP contribution in [0, 0.1) is 0 Å². The van der Waals surface area contributed by atoms with E-state index in [1.54, 1.807) is 33.8 Å². The summed E-state index contributed by atoms with van der Waals surface area (Å²) in [6, 6.07) is 3.47. The van der Waals surface area contributed by atoms with Crippen molar-refractivity contribution >= 4 is 23.2 Å². The van der Waals surface area contributed by atoms with Gasteiger partial charge >= 0.3 is 0 Å². The average Bonchev–Trinajstić information content (AvgIpc) is 3.15. The summed E-state index contributed by atoms with van der Waals surface area (Å²) in [6.07, 6.45) is 3.83. The molecule has 130 valence electrons. The number of hydrogen-bond donors (Lipinski definition) is 2. The van der Waals surface area contributed by atoms with Gasteiger partial charge in [0.25, 0.3) is 11.5 Å². The Balaban J connectivity index is 1.60. The van der Waals surface area contributed by atoms with Crippen molar-refractivity contribution in [1.82, 2.24) is 24.1 Å². The van der Waals surface area contributed by atoms with Crippen LogP contribution < -0.4 is 5.56 Å². The van der Waals surface area contributed by atoms with Gasteiger partial charge < -0.3 is 14.4 Å². The number of pyridine rings is 1. The van der Waals surface area contributed by atoms with E-state index in [1.165, 1.54) is 4.68 Å². The highest BCUT2D eigenvalue weighted by Crippen LogP contribution is 2.18. The number of fused-ring (bicyclic) bond motifs is 2. The van der Waals surface area contributed by atoms with Gasteiger partial charge in [0.15, 0.2) is 0 Å². The monoisotopic (exact) mass is 361 g/mol. The van der Waals surface area contributed by atoms with E-state index in [9.17, 15) is 9.59 Å². The first-order valence-electron chi connectivity index (χ1n) is 7.92. The summed E-state index contributed by atoms with van der Waals surface area (Å²) < 4.78 is 3.09. The van der Waals surface area contributed by atoms with Crippen molar-refractivity contribution in [2.45, 2.75) is 19.5 Å². The summed E-state index contributed by atoms with van der Waals surface area (Å²) in [6.45, 7) is 0.863. The quantitative estimate of drug-likeness (QED) is 0.716. The summed E-state index contributed by atoms with van der Waals surface area (Å²) in [4.78, 5) is 30.9. The maximum atomic E-state index is 12.8. The lowest BCUT2D eigenvalue weighted by molar-refractivity contribution is 0.0727. The van der Waals surface area contributed by atoms with Crippen LogP contribution in [0.1, 0.15) is 21.7 Å². The van der Waals surface area contributed by atoms with E-state index >= 15 is 0 Å². The molecule has 0 radical (unpaired) electrons. The molecule has 0 atom stereocenters. The van der Waals surface area contributed by atoms with Crippen LogP contribution in [0.3, 0.4) is 0 Å². The van der Waals surface area contributed by atoms with Crippen molar-refractivity contribution in [2.24, 2.45) is 0 Å². The molecule has 3 aromatic heterocycles. The molecule has 0 unspecified atom stereocenters. The zero-order chi connectivity index (χ0) is 17.6. The maximum Gasteiger partial charge on any atom is 0.274 e. The minimum Gasteiger partial charge on any atom is -0.394 e. The van der Waals surface area contributed by atoms with Gasteiger partial charge in [0.05, 0.1) is 30.4 Å². The van der Waals surface area contributed by atoms with Gasteiger partial charge in [-0.3, -0.25) is 19.4 Å². The number of carbonyl (C=O) groups is 1. The molecule has 8 nitrogen and oxygen atoms in total. The van der Waals surface area contributed by atoms with Gasteiger partial charge in [-0.05, 0) is 18.6 Å². The fourth-order valence-corrected chi connectivity index (χ4v) is 3.31. The topological polar surface area (TPSA) is 95.6 Å². The molecule has 25 heavy (non-hydrogen) atoms. The van der Waals surface area contributed by atoms with Gasteiger partial charge in [-0.2, -0.15) is 0 Å². The van der Waals surface area contributed by atoms with Crippen molar-refractivity contribution in [2.75, 3.05) is 13.2 Å². The van der Waals surface area contributed by atoms with E-state index in [4.69, 9.17) is 16.7 Å². The zero-order valence-corrected chi connectivity index (χ0v) is 14.0. The van der Waals surface area contributed by atoms with E-state index in [0.29, 0.717) is 47.1 Å². The minimum atomic E-state index is -0.193. The Morgan fingerprint density at radius 3 is 3.00 bits per heavy atom. The van der Waals surface area contributed by atoms with Crippen LogP contribution in [0.15, 0.2) is 29.3 Å². The number of aromatic nitrogens is 4. The highest BCUT2D eigenvalue weighted by molar-refractivity contribution is 6.30. The third-order valence-electron chi connectivity index (χ3n) is 4.36. The number of aromatic amines is 1. The number of carbonyl (C=O) groups excluding carboxylic acids is 1. The molecule has 2 N–H and O–H groups in total. The third-order valence-corrected chi connectivity index (χ3v) is 4.59. The predicted octanol–water partition coefficient (Wildman–Crippen LogP) is 0.668. The molecule has 0 aliphatic carbocycles. The Kier molecular flexibility index (Phi) is 3.85. The second-order valence-corrected chi connectivity index (χ2v) is 6.40. The van der Waals surface area contributed by atoms with Gasteiger partial charge in [-0.1, -0.05) is 11.6 Å². The number of imidazole rings is 1. The SMILES string of the molecule is O=C(c1cn2cc(Cl)ccc2n1)N1CCc2c([nH]n(CCO)c2=O)C1. The molecule has 0 saturated heterocycles. The van der Waals surface area contributed by atoms with Crippen molar-refractivity contribution in [3.8, 4) is 0 Å². The number of hydrogen-bond acceptors (Lipinski definition) is 4. The van der Waals surface area contributed by atoms with Gasteiger partial charge in [-0.15, -0.1) is 0 Å². The number of aliphatic hydroxyl groups is 1. The smallest absolute Gasteiger partial charge is 0.274 e. The predicted molar refractivity (Wildman–Crippen MR) is 90.8 cm³/mol. The lowest BCUT2D eigenvalue weighted by atomic mass is 10.1. The zero-order valence-electron chi connectivity index (χ0n) is 13.3. The Hall–Kier alpha value is -2.58. The molecule has 9 heteroatoms. The first-order chi connectivity index (χ1) is 12.1. The van der Waals surface area contributed by atoms with E-state index in [1.807, 2.05) is 0 Å².